The molecule has 2 heterocycles. The molecule has 4 heteroatoms. The molecular formula is C14H23N3O. The first-order valence-electron chi connectivity index (χ1n) is 7.31. The van der Waals surface area contributed by atoms with Gasteiger partial charge in [-0.25, -0.2) is 0 Å². The van der Waals surface area contributed by atoms with Crippen molar-refractivity contribution in [3.8, 4) is 0 Å². The highest BCUT2D eigenvalue weighted by Gasteiger charge is 2.45. The number of piperidine rings is 1. The van der Waals surface area contributed by atoms with Crippen LogP contribution in [-0.4, -0.2) is 30.4 Å². The van der Waals surface area contributed by atoms with Gasteiger partial charge >= 0.3 is 0 Å². The number of rotatable bonds is 1. The molecule has 0 aromatic carbocycles. The lowest BCUT2D eigenvalue weighted by atomic mass is 9.82. The van der Waals surface area contributed by atoms with Crippen LogP contribution in [0.2, 0.25) is 0 Å². The highest BCUT2D eigenvalue weighted by atomic mass is 16.2. The first-order chi connectivity index (χ1) is 8.70. The lowest BCUT2D eigenvalue weighted by Crippen LogP contribution is -2.47. The number of hydrogen-bond acceptors (Lipinski definition) is 3. The number of aliphatic imine (C=N–C) groups is 1. The molecule has 2 N–H and O–H groups in total. The summed E-state index contributed by atoms with van der Waals surface area (Å²) in [6.45, 7) is 4.14. The van der Waals surface area contributed by atoms with Gasteiger partial charge in [0.2, 0.25) is 0 Å². The number of amides is 1. The van der Waals surface area contributed by atoms with Crippen LogP contribution in [0.25, 0.3) is 0 Å². The summed E-state index contributed by atoms with van der Waals surface area (Å²) in [4.78, 5) is 17.0. The minimum Gasteiger partial charge on any atom is -0.317 e. The van der Waals surface area contributed by atoms with E-state index in [1.54, 1.807) is 0 Å². The van der Waals surface area contributed by atoms with Crippen LogP contribution in [0.5, 0.6) is 0 Å². The zero-order chi connectivity index (χ0) is 12.6. The highest BCUT2D eigenvalue weighted by Crippen LogP contribution is 2.34. The number of amidine groups is 1. The number of nitrogens with one attached hydrogen (secondary N) is 2. The normalized spacial score (nSPS) is 35.4. The Morgan fingerprint density at radius 1 is 1.17 bits per heavy atom. The molecule has 0 radical (unpaired) electrons. The second kappa shape index (κ2) is 4.65. The summed E-state index contributed by atoms with van der Waals surface area (Å²) in [7, 11) is 0. The minimum absolute atomic E-state index is 0.151. The fourth-order valence-corrected chi connectivity index (χ4v) is 3.45. The van der Waals surface area contributed by atoms with E-state index in [2.05, 4.69) is 17.6 Å². The number of hydrogen-bond donors (Lipinski definition) is 2. The van der Waals surface area contributed by atoms with E-state index >= 15 is 0 Å². The van der Waals surface area contributed by atoms with Gasteiger partial charge in [0, 0.05) is 5.92 Å². The zero-order valence-corrected chi connectivity index (χ0v) is 11.2. The Morgan fingerprint density at radius 3 is 2.50 bits per heavy atom. The first kappa shape index (κ1) is 12.2. The molecule has 2 aliphatic heterocycles. The maximum Gasteiger partial charge on any atom is 0.253 e. The topological polar surface area (TPSA) is 53.5 Å². The number of carbonyl (C=O) groups excluding carboxylic acids is 1. The zero-order valence-electron chi connectivity index (χ0n) is 11.2. The summed E-state index contributed by atoms with van der Waals surface area (Å²) < 4.78 is 0. The predicted molar refractivity (Wildman–Crippen MR) is 71.5 cm³/mol. The van der Waals surface area contributed by atoms with Crippen molar-refractivity contribution in [1.82, 2.24) is 10.6 Å². The van der Waals surface area contributed by atoms with Gasteiger partial charge in [-0.2, -0.15) is 0 Å². The molecule has 3 aliphatic rings. The van der Waals surface area contributed by atoms with Gasteiger partial charge in [0.15, 0.2) is 0 Å². The lowest BCUT2D eigenvalue weighted by Gasteiger charge is -2.28. The summed E-state index contributed by atoms with van der Waals surface area (Å²) in [5.41, 5.74) is -0.427. The quantitative estimate of drug-likeness (QED) is 0.739. The third kappa shape index (κ3) is 2.07. The summed E-state index contributed by atoms with van der Waals surface area (Å²) in [5.74, 6) is 2.48. The fourth-order valence-electron chi connectivity index (χ4n) is 3.45. The SMILES string of the molecule is CC1CCC(C2=NC3(CCNCC3)C(=O)N2)CC1. The van der Waals surface area contributed by atoms with Crippen molar-refractivity contribution in [2.45, 2.75) is 51.0 Å². The summed E-state index contributed by atoms with van der Waals surface area (Å²) in [6.07, 6.45) is 6.63. The van der Waals surface area contributed by atoms with E-state index in [1.165, 1.54) is 25.7 Å². The number of carbonyl (C=O) groups is 1. The van der Waals surface area contributed by atoms with Gasteiger partial charge in [0.1, 0.15) is 11.4 Å². The van der Waals surface area contributed by atoms with Crippen LogP contribution in [-0.2, 0) is 4.79 Å². The summed E-state index contributed by atoms with van der Waals surface area (Å²) in [5, 5.41) is 6.39. The van der Waals surface area contributed by atoms with Gasteiger partial charge in [-0.3, -0.25) is 9.79 Å². The van der Waals surface area contributed by atoms with Crippen LogP contribution >= 0.6 is 0 Å². The number of nitrogens with zero attached hydrogens (tertiary/aromatic N) is 1. The molecule has 3 rings (SSSR count). The molecule has 2 fully saturated rings. The molecule has 0 atom stereocenters. The Bertz CT molecular complexity index is 363. The van der Waals surface area contributed by atoms with Crippen LogP contribution in [0, 0.1) is 11.8 Å². The Balaban J connectivity index is 1.74. The van der Waals surface area contributed by atoms with Crippen molar-refractivity contribution >= 4 is 11.7 Å². The van der Waals surface area contributed by atoms with Crippen molar-refractivity contribution in [2.75, 3.05) is 13.1 Å². The van der Waals surface area contributed by atoms with Gasteiger partial charge in [0.05, 0.1) is 0 Å². The van der Waals surface area contributed by atoms with Crippen molar-refractivity contribution in [2.24, 2.45) is 16.8 Å². The monoisotopic (exact) mass is 249 g/mol. The molecule has 18 heavy (non-hydrogen) atoms. The molecule has 4 nitrogen and oxygen atoms in total. The molecule has 0 bridgehead atoms. The lowest BCUT2D eigenvalue weighted by molar-refractivity contribution is -0.124. The second-order valence-corrected chi connectivity index (χ2v) is 6.19. The van der Waals surface area contributed by atoms with E-state index in [9.17, 15) is 4.79 Å². The highest BCUT2D eigenvalue weighted by molar-refractivity contribution is 6.09. The maximum atomic E-state index is 12.2. The molecule has 0 aromatic heterocycles. The van der Waals surface area contributed by atoms with E-state index in [0.717, 1.165) is 37.7 Å². The second-order valence-electron chi connectivity index (χ2n) is 6.19. The van der Waals surface area contributed by atoms with Crippen LogP contribution in [0.15, 0.2) is 4.99 Å². The largest absolute Gasteiger partial charge is 0.317 e. The van der Waals surface area contributed by atoms with Gasteiger partial charge in [-0.15, -0.1) is 0 Å². The molecule has 100 valence electrons. The van der Waals surface area contributed by atoms with Gasteiger partial charge in [-0.05, 0) is 44.7 Å². The van der Waals surface area contributed by atoms with Crippen molar-refractivity contribution in [3.63, 3.8) is 0 Å². The molecule has 1 amide bonds. The fraction of sp³-hybridized carbons (Fsp3) is 0.857. The standard InChI is InChI=1S/C14H23N3O/c1-10-2-4-11(5-3-10)12-16-13(18)14(17-12)6-8-15-9-7-14/h10-11,15H,2-9H2,1H3,(H,16,17,18). The summed E-state index contributed by atoms with van der Waals surface area (Å²) in [6, 6.07) is 0. The Kier molecular flexibility index (Phi) is 3.14. The van der Waals surface area contributed by atoms with E-state index in [1.807, 2.05) is 0 Å². The van der Waals surface area contributed by atoms with E-state index in [-0.39, 0.29) is 5.91 Å². The van der Waals surface area contributed by atoms with Gasteiger partial charge in [0.25, 0.3) is 5.91 Å². The van der Waals surface area contributed by atoms with Crippen LogP contribution in [0.1, 0.15) is 45.4 Å². The Hall–Kier alpha value is -0.900. The third-order valence-corrected chi connectivity index (χ3v) is 4.83. The van der Waals surface area contributed by atoms with Crippen molar-refractivity contribution in [3.05, 3.63) is 0 Å². The van der Waals surface area contributed by atoms with Crippen LogP contribution in [0.3, 0.4) is 0 Å². The first-order valence-corrected chi connectivity index (χ1v) is 7.31. The van der Waals surface area contributed by atoms with Crippen molar-refractivity contribution in [1.29, 1.82) is 0 Å². The maximum absolute atomic E-state index is 12.2. The summed E-state index contributed by atoms with van der Waals surface area (Å²) >= 11 is 0. The van der Waals surface area contributed by atoms with Gasteiger partial charge in [-0.1, -0.05) is 19.8 Å². The molecule has 1 saturated heterocycles. The van der Waals surface area contributed by atoms with Crippen molar-refractivity contribution < 1.29 is 4.79 Å². The smallest absolute Gasteiger partial charge is 0.253 e. The van der Waals surface area contributed by atoms with E-state index in [4.69, 9.17) is 4.99 Å². The predicted octanol–water partition coefficient (Wildman–Crippen LogP) is 1.46. The molecule has 1 spiro atoms. The molecule has 0 aromatic rings. The van der Waals surface area contributed by atoms with E-state index in [0.29, 0.717) is 5.92 Å². The minimum atomic E-state index is -0.427. The average molecular weight is 249 g/mol. The Morgan fingerprint density at radius 2 is 1.83 bits per heavy atom. The van der Waals surface area contributed by atoms with E-state index < -0.39 is 5.54 Å². The van der Waals surface area contributed by atoms with Gasteiger partial charge < -0.3 is 10.6 Å². The Labute approximate surface area is 109 Å². The van der Waals surface area contributed by atoms with Crippen LogP contribution < -0.4 is 10.6 Å². The molecule has 1 aliphatic carbocycles. The third-order valence-electron chi connectivity index (χ3n) is 4.83. The molecular weight excluding hydrogens is 226 g/mol. The average Bonchev–Trinajstić information content (AvgIpc) is 2.69. The molecule has 0 unspecified atom stereocenters. The molecule has 1 saturated carbocycles. The van der Waals surface area contributed by atoms with Crippen LogP contribution in [0.4, 0.5) is 0 Å².